The standard InChI is InChI=1S/C18H21BrN2O3S/c1-12(2)21-25(23,24)17-6-4-5-15(11-17)18(22)20-13(3)14-7-9-16(19)10-8-14/h4-13,21H,1-3H3,(H,20,22). The topological polar surface area (TPSA) is 75.3 Å². The molecule has 0 heterocycles. The molecule has 2 aromatic rings. The van der Waals surface area contributed by atoms with Gasteiger partial charge in [-0.15, -0.1) is 0 Å². The molecule has 0 saturated heterocycles. The first-order valence-electron chi connectivity index (χ1n) is 7.88. The van der Waals surface area contributed by atoms with Gasteiger partial charge in [-0.05, 0) is 56.7 Å². The summed E-state index contributed by atoms with van der Waals surface area (Å²) in [6.07, 6.45) is 0. The Bertz CT molecular complexity index is 849. The van der Waals surface area contributed by atoms with Crippen LogP contribution < -0.4 is 10.0 Å². The number of halogens is 1. The lowest BCUT2D eigenvalue weighted by atomic mass is 10.1. The van der Waals surface area contributed by atoms with Crippen LogP contribution >= 0.6 is 15.9 Å². The van der Waals surface area contributed by atoms with E-state index < -0.39 is 10.0 Å². The molecule has 0 bridgehead atoms. The zero-order valence-corrected chi connectivity index (χ0v) is 16.7. The van der Waals surface area contributed by atoms with Crippen molar-refractivity contribution in [3.05, 3.63) is 64.1 Å². The van der Waals surface area contributed by atoms with Gasteiger partial charge >= 0.3 is 0 Å². The molecule has 0 spiro atoms. The molecule has 1 unspecified atom stereocenters. The number of benzene rings is 2. The molecule has 0 radical (unpaired) electrons. The van der Waals surface area contributed by atoms with Crippen molar-refractivity contribution in [1.29, 1.82) is 0 Å². The van der Waals surface area contributed by atoms with Gasteiger partial charge in [0.25, 0.3) is 5.91 Å². The SMILES string of the molecule is CC(C)NS(=O)(=O)c1cccc(C(=O)NC(C)c2ccc(Br)cc2)c1. The summed E-state index contributed by atoms with van der Waals surface area (Å²) in [5.41, 5.74) is 1.26. The maximum atomic E-state index is 12.5. The molecule has 0 aliphatic heterocycles. The quantitative estimate of drug-likeness (QED) is 0.742. The largest absolute Gasteiger partial charge is 0.346 e. The lowest BCUT2D eigenvalue weighted by molar-refractivity contribution is 0.0939. The van der Waals surface area contributed by atoms with Gasteiger partial charge < -0.3 is 5.32 Å². The zero-order chi connectivity index (χ0) is 18.6. The third kappa shape index (κ3) is 5.39. The molecule has 2 rings (SSSR count). The number of hydrogen-bond donors (Lipinski definition) is 2. The minimum Gasteiger partial charge on any atom is -0.346 e. The van der Waals surface area contributed by atoms with Gasteiger partial charge in [0.2, 0.25) is 10.0 Å². The summed E-state index contributed by atoms with van der Waals surface area (Å²) in [5, 5.41) is 2.88. The molecule has 1 atom stereocenters. The van der Waals surface area contributed by atoms with Crippen LogP contribution in [-0.4, -0.2) is 20.4 Å². The van der Waals surface area contributed by atoms with Crippen LogP contribution in [0.15, 0.2) is 57.9 Å². The highest BCUT2D eigenvalue weighted by molar-refractivity contribution is 9.10. The second kappa shape index (κ2) is 8.12. The Morgan fingerprint density at radius 3 is 2.28 bits per heavy atom. The highest BCUT2D eigenvalue weighted by Gasteiger charge is 2.18. The fourth-order valence-electron chi connectivity index (χ4n) is 2.30. The molecule has 5 nitrogen and oxygen atoms in total. The highest BCUT2D eigenvalue weighted by Crippen LogP contribution is 2.18. The van der Waals surface area contributed by atoms with Gasteiger partial charge in [-0.3, -0.25) is 4.79 Å². The average molecular weight is 425 g/mol. The van der Waals surface area contributed by atoms with E-state index in [0.29, 0.717) is 5.56 Å². The van der Waals surface area contributed by atoms with Gasteiger partial charge in [0.05, 0.1) is 10.9 Å². The molecule has 0 aromatic heterocycles. The molecule has 0 saturated carbocycles. The van der Waals surface area contributed by atoms with Gasteiger partial charge in [-0.2, -0.15) is 0 Å². The lowest BCUT2D eigenvalue weighted by Gasteiger charge is -2.15. The average Bonchev–Trinajstić information content (AvgIpc) is 2.54. The molecule has 0 fully saturated rings. The summed E-state index contributed by atoms with van der Waals surface area (Å²) in [6, 6.07) is 13.2. The molecule has 134 valence electrons. The van der Waals surface area contributed by atoms with Crippen LogP contribution in [0.3, 0.4) is 0 Å². The number of carbonyl (C=O) groups excluding carboxylic acids is 1. The van der Waals surface area contributed by atoms with Crippen molar-refractivity contribution in [3.8, 4) is 0 Å². The third-order valence-electron chi connectivity index (χ3n) is 3.51. The smallest absolute Gasteiger partial charge is 0.251 e. The van der Waals surface area contributed by atoms with E-state index in [1.54, 1.807) is 26.0 Å². The zero-order valence-electron chi connectivity index (χ0n) is 14.3. The lowest BCUT2D eigenvalue weighted by Crippen LogP contribution is -2.31. The number of sulfonamides is 1. The van der Waals surface area contributed by atoms with Gasteiger partial charge in [-0.1, -0.05) is 34.1 Å². The van der Waals surface area contributed by atoms with Crippen LogP contribution in [0.1, 0.15) is 42.7 Å². The second-order valence-electron chi connectivity index (χ2n) is 6.05. The molecule has 25 heavy (non-hydrogen) atoms. The van der Waals surface area contributed by atoms with E-state index in [2.05, 4.69) is 26.0 Å². The Hall–Kier alpha value is -1.70. The summed E-state index contributed by atoms with van der Waals surface area (Å²) in [5.74, 6) is -0.322. The fraction of sp³-hybridized carbons (Fsp3) is 0.278. The predicted molar refractivity (Wildman–Crippen MR) is 102 cm³/mol. The first-order chi connectivity index (χ1) is 11.7. The van der Waals surface area contributed by atoms with E-state index in [4.69, 9.17) is 0 Å². The third-order valence-corrected chi connectivity index (χ3v) is 5.70. The minimum atomic E-state index is -3.64. The molecule has 1 amide bonds. The summed E-state index contributed by atoms with van der Waals surface area (Å²) in [7, 11) is -3.64. The van der Waals surface area contributed by atoms with Crippen LogP contribution in [0.5, 0.6) is 0 Å². The van der Waals surface area contributed by atoms with Gasteiger partial charge in [0.1, 0.15) is 0 Å². The second-order valence-corrected chi connectivity index (χ2v) is 8.68. The Balaban J connectivity index is 2.17. The van der Waals surface area contributed by atoms with Crippen molar-refractivity contribution in [2.45, 2.75) is 37.8 Å². The van der Waals surface area contributed by atoms with Gasteiger partial charge in [-0.25, -0.2) is 13.1 Å². The predicted octanol–water partition coefficient (Wildman–Crippen LogP) is 3.63. The van der Waals surface area contributed by atoms with E-state index in [9.17, 15) is 13.2 Å². The number of hydrogen-bond acceptors (Lipinski definition) is 3. The molecule has 2 aromatic carbocycles. The number of carbonyl (C=O) groups is 1. The normalized spacial score (nSPS) is 12.8. The Morgan fingerprint density at radius 2 is 1.68 bits per heavy atom. The van der Waals surface area contributed by atoms with Crippen LogP contribution in [0.25, 0.3) is 0 Å². The Labute approximate surface area is 157 Å². The van der Waals surface area contributed by atoms with E-state index in [1.165, 1.54) is 12.1 Å². The van der Waals surface area contributed by atoms with E-state index in [1.807, 2.05) is 31.2 Å². The first-order valence-corrected chi connectivity index (χ1v) is 10.2. The summed E-state index contributed by atoms with van der Waals surface area (Å²) >= 11 is 3.38. The highest BCUT2D eigenvalue weighted by atomic mass is 79.9. The summed E-state index contributed by atoms with van der Waals surface area (Å²) < 4.78 is 28.0. The van der Waals surface area contributed by atoms with E-state index >= 15 is 0 Å². The Kier molecular flexibility index (Phi) is 6.37. The van der Waals surface area contributed by atoms with Crippen molar-refractivity contribution >= 4 is 31.9 Å². The maximum absolute atomic E-state index is 12.5. The van der Waals surface area contributed by atoms with Crippen molar-refractivity contribution < 1.29 is 13.2 Å². The van der Waals surface area contributed by atoms with Crippen LogP contribution in [0, 0.1) is 0 Å². The maximum Gasteiger partial charge on any atom is 0.251 e. The van der Waals surface area contributed by atoms with E-state index in [0.717, 1.165) is 10.0 Å². The summed E-state index contributed by atoms with van der Waals surface area (Å²) in [6.45, 7) is 5.37. The number of amides is 1. The van der Waals surface area contributed by atoms with Crippen LogP contribution in [0.4, 0.5) is 0 Å². The molecule has 7 heteroatoms. The minimum absolute atomic E-state index is 0.0742. The van der Waals surface area contributed by atoms with Crippen molar-refractivity contribution in [1.82, 2.24) is 10.0 Å². The number of nitrogens with one attached hydrogen (secondary N) is 2. The fourth-order valence-corrected chi connectivity index (χ4v) is 3.86. The first kappa shape index (κ1) is 19.6. The molecular weight excluding hydrogens is 404 g/mol. The molecular formula is C18H21BrN2O3S. The summed E-state index contributed by atoms with van der Waals surface area (Å²) in [4.78, 5) is 12.5. The van der Waals surface area contributed by atoms with Crippen LogP contribution in [0.2, 0.25) is 0 Å². The van der Waals surface area contributed by atoms with Crippen LogP contribution in [-0.2, 0) is 10.0 Å². The Morgan fingerprint density at radius 1 is 1.04 bits per heavy atom. The number of rotatable bonds is 6. The van der Waals surface area contributed by atoms with Crippen molar-refractivity contribution in [2.75, 3.05) is 0 Å². The molecule has 2 N–H and O–H groups in total. The van der Waals surface area contributed by atoms with E-state index in [-0.39, 0.29) is 22.9 Å². The molecule has 0 aliphatic carbocycles. The molecule has 0 aliphatic rings. The van der Waals surface area contributed by atoms with Crippen molar-refractivity contribution in [3.63, 3.8) is 0 Å². The monoisotopic (exact) mass is 424 g/mol. The van der Waals surface area contributed by atoms with Gasteiger partial charge in [0.15, 0.2) is 0 Å². The van der Waals surface area contributed by atoms with Crippen molar-refractivity contribution in [2.24, 2.45) is 0 Å². The van der Waals surface area contributed by atoms with Gasteiger partial charge in [0, 0.05) is 16.1 Å².